The molecule has 3 N–H and O–H groups in total. The molecule has 38 heavy (non-hydrogen) atoms. The van der Waals surface area contributed by atoms with Crippen molar-refractivity contribution in [2.75, 3.05) is 48.6 Å². The second kappa shape index (κ2) is 12.0. The lowest BCUT2D eigenvalue weighted by molar-refractivity contribution is -0.117. The van der Waals surface area contributed by atoms with E-state index >= 15 is 0 Å². The zero-order valence-corrected chi connectivity index (χ0v) is 22.5. The van der Waals surface area contributed by atoms with Crippen LogP contribution in [0.3, 0.4) is 0 Å². The number of benzene rings is 2. The standard InChI is InChI=1S/C25H30N4O8S/c1-28(2)38(33,34)29-15-17(18-8-6-7-9-20(18)29)12-19(25(32)26-10-11-30)27-24(31)16-13-21(35-3)23(37-5)22(14-16)36-4/h6-9,12-15,30H,10-11H2,1-5H3,(H,26,32)(H,27,31)/b19-12-. The maximum absolute atomic E-state index is 13.2. The summed E-state index contributed by atoms with van der Waals surface area (Å²) in [6.07, 6.45) is 2.73. The Morgan fingerprint density at radius 2 is 1.68 bits per heavy atom. The number of aliphatic hydroxyl groups is 1. The quantitative estimate of drug-likeness (QED) is 0.304. The topological polar surface area (TPSA) is 148 Å². The Bertz CT molecular complexity index is 1450. The monoisotopic (exact) mass is 546 g/mol. The third-order valence-corrected chi connectivity index (χ3v) is 7.26. The minimum absolute atomic E-state index is 0.0625. The number of hydrogen-bond acceptors (Lipinski definition) is 8. The summed E-state index contributed by atoms with van der Waals surface area (Å²) in [6, 6.07) is 9.61. The summed E-state index contributed by atoms with van der Waals surface area (Å²) < 4.78 is 43.9. The van der Waals surface area contributed by atoms with E-state index in [1.54, 1.807) is 24.3 Å². The first-order valence-electron chi connectivity index (χ1n) is 11.3. The van der Waals surface area contributed by atoms with Crippen molar-refractivity contribution in [3.05, 3.63) is 59.4 Å². The third kappa shape index (κ3) is 5.74. The number of carbonyl (C=O) groups excluding carboxylic acids is 2. The number of nitrogens with one attached hydrogen (secondary N) is 2. The van der Waals surface area contributed by atoms with Crippen molar-refractivity contribution in [1.82, 2.24) is 18.9 Å². The van der Waals surface area contributed by atoms with Crippen molar-refractivity contribution in [3.8, 4) is 17.2 Å². The van der Waals surface area contributed by atoms with Crippen LogP contribution in [-0.2, 0) is 15.0 Å². The molecule has 0 saturated heterocycles. The number of ether oxygens (including phenoxy) is 3. The van der Waals surface area contributed by atoms with Crippen LogP contribution in [0.5, 0.6) is 17.2 Å². The summed E-state index contributed by atoms with van der Waals surface area (Å²) in [5, 5.41) is 14.8. The van der Waals surface area contributed by atoms with Crippen molar-refractivity contribution < 1.29 is 37.3 Å². The molecule has 0 atom stereocenters. The molecule has 12 nitrogen and oxygen atoms in total. The molecular weight excluding hydrogens is 516 g/mol. The molecule has 13 heteroatoms. The Kier molecular flexibility index (Phi) is 8.99. The number of carbonyl (C=O) groups is 2. The summed E-state index contributed by atoms with van der Waals surface area (Å²) in [5.41, 5.74) is 0.684. The highest BCUT2D eigenvalue weighted by Gasteiger charge is 2.23. The van der Waals surface area contributed by atoms with E-state index < -0.39 is 22.0 Å². The number of aliphatic hydroxyl groups excluding tert-OH is 1. The molecule has 3 aromatic rings. The molecule has 0 aliphatic rings. The number of fused-ring (bicyclic) bond motifs is 1. The Balaban J connectivity index is 2.13. The molecule has 1 aromatic heterocycles. The van der Waals surface area contributed by atoms with Gasteiger partial charge in [-0.3, -0.25) is 9.59 Å². The Morgan fingerprint density at radius 1 is 1.05 bits per heavy atom. The van der Waals surface area contributed by atoms with Gasteiger partial charge in [0.25, 0.3) is 11.8 Å². The summed E-state index contributed by atoms with van der Waals surface area (Å²) in [5.74, 6) is -0.585. The first kappa shape index (κ1) is 28.5. The lowest BCUT2D eigenvalue weighted by Crippen LogP contribution is -2.36. The molecule has 3 rings (SSSR count). The number of amides is 2. The fourth-order valence-corrected chi connectivity index (χ4v) is 4.65. The van der Waals surface area contributed by atoms with E-state index in [2.05, 4.69) is 10.6 Å². The van der Waals surface area contributed by atoms with E-state index in [1.165, 1.54) is 59.8 Å². The smallest absolute Gasteiger partial charge is 0.307 e. The minimum Gasteiger partial charge on any atom is -0.493 e. The van der Waals surface area contributed by atoms with Gasteiger partial charge >= 0.3 is 10.2 Å². The van der Waals surface area contributed by atoms with Gasteiger partial charge in [0, 0.05) is 43.4 Å². The van der Waals surface area contributed by atoms with E-state index in [0.29, 0.717) is 16.5 Å². The normalized spacial score (nSPS) is 11.9. The molecule has 204 valence electrons. The predicted molar refractivity (Wildman–Crippen MR) is 142 cm³/mol. The maximum atomic E-state index is 13.2. The molecule has 0 fully saturated rings. The van der Waals surface area contributed by atoms with Crippen LogP contribution in [0.4, 0.5) is 0 Å². The lowest BCUT2D eigenvalue weighted by atomic mass is 10.1. The highest BCUT2D eigenvalue weighted by Crippen LogP contribution is 2.38. The Hall–Kier alpha value is -4.07. The number of aromatic nitrogens is 1. The van der Waals surface area contributed by atoms with Crippen LogP contribution < -0.4 is 24.8 Å². The second-order valence-corrected chi connectivity index (χ2v) is 10.1. The number of para-hydroxylation sites is 1. The van der Waals surface area contributed by atoms with Gasteiger partial charge < -0.3 is 30.0 Å². The maximum Gasteiger partial charge on any atom is 0.307 e. The van der Waals surface area contributed by atoms with E-state index in [4.69, 9.17) is 19.3 Å². The summed E-state index contributed by atoms with van der Waals surface area (Å²) in [7, 11) is 3.18. The SMILES string of the molecule is COc1cc(C(=O)N/C(=C\c2cn(S(=O)(=O)N(C)C)c3ccccc23)C(=O)NCCO)cc(OC)c1OC. The van der Waals surface area contributed by atoms with Gasteiger partial charge in [-0.15, -0.1) is 0 Å². The molecule has 2 aromatic carbocycles. The Morgan fingerprint density at radius 3 is 2.24 bits per heavy atom. The Labute approximate surface area is 220 Å². The zero-order valence-electron chi connectivity index (χ0n) is 21.6. The van der Waals surface area contributed by atoms with E-state index in [-0.39, 0.29) is 41.7 Å². The van der Waals surface area contributed by atoms with Crippen molar-refractivity contribution in [2.24, 2.45) is 0 Å². The van der Waals surface area contributed by atoms with Crippen LogP contribution in [0.25, 0.3) is 17.0 Å². The molecule has 0 spiro atoms. The average molecular weight is 547 g/mol. The van der Waals surface area contributed by atoms with Crippen molar-refractivity contribution >= 4 is 39.0 Å². The van der Waals surface area contributed by atoms with Crippen LogP contribution in [0, 0.1) is 0 Å². The zero-order chi connectivity index (χ0) is 28.0. The van der Waals surface area contributed by atoms with Crippen LogP contribution in [0.1, 0.15) is 15.9 Å². The van der Waals surface area contributed by atoms with Gasteiger partial charge in [0.05, 0.1) is 33.5 Å². The highest BCUT2D eigenvalue weighted by atomic mass is 32.2. The van der Waals surface area contributed by atoms with Gasteiger partial charge in [-0.05, 0) is 24.3 Å². The van der Waals surface area contributed by atoms with Gasteiger partial charge in [-0.2, -0.15) is 12.7 Å². The van der Waals surface area contributed by atoms with Crippen LogP contribution in [0.2, 0.25) is 0 Å². The summed E-state index contributed by atoms with van der Waals surface area (Å²) in [4.78, 5) is 26.2. The molecule has 0 aliphatic heterocycles. The molecule has 0 radical (unpaired) electrons. The number of rotatable bonds is 11. The highest BCUT2D eigenvalue weighted by molar-refractivity contribution is 7.87. The molecule has 1 heterocycles. The minimum atomic E-state index is -3.88. The summed E-state index contributed by atoms with van der Waals surface area (Å²) >= 11 is 0. The first-order chi connectivity index (χ1) is 18.1. The predicted octanol–water partition coefficient (Wildman–Crippen LogP) is 1.20. The fraction of sp³-hybridized carbons (Fsp3) is 0.280. The van der Waals surface area contributed by atoms with Gasteiger partial charge in [0.1, 0.15) is 5.70 Å². The first-order valence-corrected chi connectivity index (χ1v) is 12.7. The van der Waals surface area contributed by atoms with E-state index in [1.807, 2.05) is 0 Å². The lowest BCUT2D eigenvalue weighted by Gasteiger charge is -2.15. The van der Waals surface area contributed by atoms with Crippen LogP contribution in [0.15, 0.2) is 48.3 Å². The molecule has 0 bridgehead atoms. The molecule has 2 amide bonds. The second-order valence-electron chi connectivity index (χ2n) is 8.09. The van der Waals surface area contributed by atoms with Gasteiger partial charge in [0.2, 0.25) is 5.75 Å². The number of methoxy groups -OCH3 is 3. The van der Waals surface area contributed by atoms with Crippen molar-refractivity contribution in [1.29, 1.82) is 0 Å². The average Bonchev–Trinajstić information content (AvgIpc) is 3.29. The van der Waals surface area contributed by atoms with Crippen LogP contribution in [-0.4, -0.2) is 82.2 Å². The van der Waals surface area contributed by atoms with Gasteiger partial charge in [-0.1, -0.05) is 18.2 Å². The van der Waals surface area contributed by atoms with E-state index in [9.17, 15) is 18.0 Å². The van der Waals surface area contributed by atoms with Crippen molar-refractivity contribution in [3.63, 3.8) is 0 Å². The molecule has 0 saturated carbocycles. The van der Waals surface area contributed by atoms with E-state index in [0.717, 1.165) is 8.28 Å². The van der Waals surface area contributed by atoms with Gasteiger partial charge in [-0.25, -0.2) is 3.97 Å². The summed E-state index contributed by atoms with van der Waals surface area (Å²) in [6.45, 7) is -0.382. The molecule has 0 aliphatic carbocycles. The largest absolute Gasteiger partial charge is 0.493 e. The van der Waals surface area contributed by atoms with Crippen molar-refractivity contribution in [2.45, 2.75) is 0 Å². The molecular formula is C25H30N4O8S. The number of nitrogens with zero attached hydrogens (tertiary/aromatic N) is 2. The van der Waals surface area contributed by atoms with Gasteiger partial charge in [0.15, 0.2) is 11.5 Å². The number of hydrogen-bond donors (Lipinski definition) is 3. The third-order valence-electron chi connectivity index (χ3n) is 5.54. The van der Waals surface area contributed by atoms with Crippen LogP contribution >= 0.6 is 0 Å². The molecule has 0 unspecified atom stereocenters. The fourth-order valence-electron chi connectivity index (χ4n) is 3.64.